The zero-order chi connectivity index (χ0) is 15.6. The highest BCUT2D eigenvalue weighted by Crippen LogP contribution is 2.18. The molecule has 1 aromatic heterocycles. The van der Waals surface area contributed by atoms with Crippen LogP contribution in [0.3, 0.4) is 0 Å². The first-order chi connectivity index (χ1) is 9.88. The van der Waals surface area contributed by atoms with Crippen LogP contribution in [0.4, 0.5) is 4.39 Å². The summed E-state index contributed by atoms with van der Waals surface area (Å²) in [6.07, 6.45) is 0. The number of rotatable bonds is 4. The minimum Gasteiger partial charge on any atom is -0.477 e. The third-order valence-corrected chi connectivity index (χ3v) is 3.99. The van der Waals surface area contributed by atoms with Crippen molar-refractivity contribution in [1.82, 2.24) is 10.3 Å². The molecule has 0 aliphatic heterocycles. The van der Waals surface area contributed by atoms with Crippen LogP contribution in [-0.2, 0) is 6.54 Å². The highest BCUT2D eigenvalue weighted by Gasteiger charge is 2.16. The number of benzene rings is 1. The molecule has 0 bridgehead atoms. The predicted octanol–water partition coefficient (Wildman–Crippen LogP) is 2.87. The number of nitrogens with zero attached hydrogens (tertiary/aromatic N) is 1. The number of nitrogens with one attached hydrogen (secondary N) is 1. The Hall–Kier alpha value is -1.99. The molecule has 0 unspecified atom stereocenters. The summed E-state index contributed by atoms with van der Waals surface area (Å²) in [4.78, 5) is 26.9. The fourth-order valence-electron chi connectivity index (χ4n) is 1.65. The molecule has 1 heterocycles. The van der Waals surface area contributed by atoms with Crippen LogP contribution < -0.4 is 5.32 Å². The van der Waals surface area contributed by atoms with E-state index in [1.54, 1.807) is 6.92 Å². The normalized spacial score (nSPS) is 10.4. The Balaban J connectivity index is 2.07. The van der Waals surface area contributed by atoms with E-state index in [1.165, 1.54) is 12.1 Å². The fourth-order valence-corrected chi connectivity index (χ4v) is 2.65. The van der Waals surface area contributed by atoms with Gasteiger partial charge in [0.15, 0.2) is 0 Å². The van der Waals surface area contributed by atoms with Crippen molar-refractivity contribution >= 4 is 34.8 Å². The van der Waals surface area contributed by atoms with Crippen molar-refractivity contribution in [3.8, 4) is 0 Å². The summed E-state index contributed by atoms with van der Waals surface area (Å²) >= 11 is 6.58. The molecule has 110 valence electrons. The smallest absolute Gasteiger partial charge is 0.347 e. The Kier molecular flexibility index (Phi) is 4.54. The lowest BCUT2D eigenvalue weighted by Crippen LogP contribution is -2.23. The standard InChI is InChI=1S/C13H10ClFN2O3S/c1-6-11(13(19)20)21-10(17-6)5-16-12(18)8-3-2-7(14)4-9(8)15/h2-4H,5H2,1H3,(H,16,18)(H,19,20). The summed E-state index contributed by atoms with van der Waals surface area (Å²) in [5, 5.41) is 12.0. The lowest BCUT2D eigenvalue weighted by molar-refractivity contribution is 0.0701. The summed E-state index contributed by atoms with van der Waals surface area (Å²) in [6, 6.07) is 3.74. The Bertz CT molecular complexity index is 717. The Morgan fingerprint density at radius 2 is 2.19 bits per heavy atom. The number of carbonyl (C=O) groups is 2. The Labute approximate surface area is 128 Å². The second-order valence-corrected chi connectivity index (χ2v) is 5.65. The molecule has 0 aliphatic rings. The molecule has 2 N–H and O–H groups in total. The van der Waals surface area contributed by atoms with Gasteiger partial charge in [-0.25, -0.2) is 14.2 Å². The predicted molar refractivity (Wildman–Crippen MR) is 76.4 cm³/mol. The number of halogens is 2. The molecule has 2 aromatic rings. The molecule has 0 spiro atoms. The first-order valence-corrected chi connectivity index (χ1v) is 7.00. The number of hydrogen-bond acceptors (Lipinski definition) is 4. The van der Waals surface area contributed by atoms with Gasteiger partial charge in [0, 0.05) is 5.02 Å². The zero-order valence-electron chi connectivity index (χ0n) is 10.8. The average Bonchev–Trinajstić information content (AvgIpc) is 2.77. The van der Waals surface area contributed by atoms with E-state index in [0.29, 0.717) is 10.7 Å². The van der Waals surface area contributed by atoms with Crippen LogP contribution in [0.5, 0.6) is 0 Å². The maximum absolute atomic E-state index is 13.6. The van der Waals surface area contributed by atoms with Gasteiger partial charge in [-0.05, 0) is 25.1 Å². The maximum atomic E-state index is 13.6. The number of carboxylic acids is 1. The zero-order valence-corrected chi connectivity index (χ0v) is 12.4. The van der Waals surface area contributed by atoms with Gasteiger partial charge in [0.2, 0.25) is 0 Å². The van der Waals surface area contributed by atoms with Crippen molar-refractivity contribution < 1.29 is 19.1 Å². The molecule has 0 radical (unpaired) electrons. The second kappa shape index (κ2) is 6.19. The largest absolute Gasteiger partial charge is 0.477 e. The molecule has 0 atom stereocenters. The number of amides is 1. The second-order valence-electron chi connectivity index (χ2n) is 4.13. The minimum absolute atomic E-state index is 0.0275. The van der Waals surface area contributed by atoms with Gasteiger partial charge in [0.1, 0.15) is 15.7 Å². The van der Waals surface area contributed by atoms with E-state index < -0.39 is 17.7 Å². The number of carbonyl (C=O) groups excluding carboxylic acids is 1. The maximum Gasteiger partial charge on any atom is 0.347 e. The van der Waals surface area contributed by atoms with E-state index in [4.69, 9.17) is 16.7 Å². The molecule has 0 saturated carbocycles. The van der Waals surface area contributed by atoms with E-state index in [0.717, 1.165) is 17.4 Å². The van der Waals surface area contributed by atoms with E-state index in [1.807, 2.05) is 0 Å². The molecule has 2 rings (SSSR count). The molecule has 0 fully saturated rings. The first kappa shape index (κ1) is 15.4. The van der Waals surface area contributed by atoms with E-state index in [2.05, 4.69) is 10.3 Å². The number of aromatic carboxylic acids is 1. The number of aryl methyl sites for hydroxylation is 1. The molecule has 1 aromatic carbocycles. The van der Waals surface area contributed by atoms with Crippen LogP contribution in [0.2, 0.25) is 5.02 Å². The number of thiazole rings is 1. The monoisotopic (exact) mass is 328 g/mol. The first-order valence-electron chi connectivity index (χ1n) is 5.81. The molecule has 8 heteroatoms. The van der Waals surface area contributed by atoms with Crippen molar-refractivity contribution in [2.24, 2.45) is 0 Å². The summed E-state index contributed by atoms with van der Waals surface area (Å²) in [6.45, 7) is 1.60. The van der Waals surface area contributed by atoms with E-state index in [9.17, 15) is 14.0 Å². The van der Waals surface area contributed by atoms with Crippen LogP contribution in [0, 0.1) is 12.7 Å². The van der Waals surface area contributed by atoms with Gasteiger partial charge in [-0.15, -0.1) is 11.3 Å². The average molecular weight is 329 g/mol. The van der Waals surface area contributed by atoms with Gasteiger partial charge in [-0.2, -0.15) is 0 Å². The molecular weight excluding hydrogens is 319 g/mol. The minimum atomic E-state index is -1.06. The van der Waals surface area contributed by atoms with Crippen molar-refractivity contribution in [2.75, 3.05) is 0 Å². The molecule has 5 nitrogen and oxygen atoms in total. The van der Waals surface area contributed by atoms with Gasteiger partial charge in [0.05, 0.1) is 17.8 Å². The van der Waals surface area contributed by atoms with Crippen LogP contribution in [0.1, 0.15) is 30.7 Å². The lowest BCUT2D eigenvalue weighted by atomic mass is 10.2. The summed E-state index contributed by atoms with van der Waals surface area (Å²) < 4.78 is 13.6. The fraction of sp³-hybridized carbons (Fsp3) is 0.154. The van der Waals surface area contributed by atoms with Gasteiger partial charge in [0.25, 0.3) is 5.91 Å². The van der Waals surface area contributed by atoms with Gasteiger partial charge in [-0.1, -0.05) is 11.6 Å². The third-order valence-electron chi connectivity index (χ3n) is 2.61. The SMILES string of the molecule is Cc1nc(CNC(=O)c2ccc(Cl)cc2F)sc1C(=O)O. The van der Waals surface area contributed by atoms with Crippen LogP contribution in [0.15, 0.2) is 18.2 Å². The van der Waals surface area contributed by atoms with Gasteiger partial charge in [-0.3, -0.25) is 4.79 Å². The molecule has 0 saturated heterocycles. The molecule has 0 aliphatic carbocycles. The third kappa shape index (κ3) is 3.56. The topological polar surface area (TPSA) is 79.3 Å². The van der Waals surface area contributed by atoms with Crippen molar-refractivity contribution in [1.29, 1.82) is 0 Å². The van der Waals surface area contributed by atoms with Crippen molar-refractivity contribution in [3.63, 3.8) is 0 Å². The van der Waals surface area contributed by atoms with Crippen molar-refractivity contribution in [3.05, 3.63) is 50.2 Å². The van der Waals surface area contributed by atoms with E-state index in [-0.39, 0.29) is 22.0 Å². The summed E-state index contributed by atoms with van der Waals surface area (Å²) in [5.74, 6) is -2.40. The van der Waals surface area contributed by atoms with Crippen LogP contribution >= 0.6 is 22.9 Å². The van der Waals surface area contributed by atoms with Crippen molar-refractivity contribution in [2.45, 2.75) is 13.5 Å². The quantitative estimate of drug-likeness (QED) is 0.904. The number of carboxylic acid groups (broad SMARTS) is 1. The summed E-state index contributed by atoms with van der Waals surface area (Å²) in [5.41, 5.74) is 0.251. The molecular formula is C13H10ClFN2O3S. The van der Waals surface area contributed by atoms with Crippen LogP contribution in [-0.4, -0.2) is 22.0 Å². The number of aromatic nitrogens is 1. The van der Waals surface area contributed by atoms with E-state index >= 15 is 0 Å². The highest BCUT2D eigenvalue weighted by atomic mass is 35.5. The van der Waals surface area contributed by atoms with Gasteiger partial charge >= 0.3 is 5.97 Å². The van der Waals surface area contributed by atoms with Gasteiger partial charge < -0.3 is 10.4 Å². The summed E-state index contributed by atoms with van der Waals surface area (Å²) in [7, 11) is 0. The van der Waals surface area contributed by atoms with Crippen LogP contribution in [0.25, 0.3) is 0 Å². The molecule has 1 amide bonds. The Morgan fingerprint density at radius 1 is 1.48 bits per heavy atom. The Morgan fingerprint density at radius 3 is 2.76 bits per heavy atom. The number of hydrogen-bond donors (Lipinski definition) is 2. The highest BCUT2D eigenvalue weighted by molar-refractivity contribution is 7.13. The molecule has 21 heavy (non-hydrogen) atoms. The lowest BCUT2D eigenvalue weighted by Gasteiger charge is -2.04.